The number of fused-ring (bicyclic) bond motifs is 1. The molecule has 0 bridgehead atoms. The molecule has 4 rings (SSSR count). The van der Waals surface area contributed by atoms with Crippen molar-refractivity contribution in [2.75, 3.05) is 39.3 Å². The van der Waals surface area contributed by atoms with Crippen molar-refractivity contribution < 1.29 is 31.2 Å². The summed E-state index contributed by atoms with van der Waals surface area (Å²) in [7, 11) is -5.53. The van der Waals surface area contributed by atoms with Gasteiger partial charge in [-0.05, 0) is 62.5 Å². The first-order valence-corrected chi connectivity index (χ1v) is 19.2. The Kier molecular flexibility index (Phi) is 10.5. The fraction of sp³-hybridized carbons (Fsp3) is 0.679. The van der Waals surface area contributed by atoms with Crippen LogP contribution in [0, 0.1) is 0 Å². The van der Waals surface area contributed by atoms with E-state index in [-0.39, 0.29) is 17.9 Å². The van der Waals surface area contributed by atoms with Crippen LogP contribution in [0.25, 0.3) is 22.3 Å². The van der Waals surface area contributed by atoms with E-state index in [0.29, 0.717) is 32.1 Å². The summed E-state index contributed by atoms with van der Waals surface area (Å²) in [5, 5.41) is 15.2. The maximum atomic E-state index is 11.1. The van der Waals surface area contributed by atoms with E-state index in [9.17, 15) is 8.42 Å². The van der Waals surface area contributed by atoms with Gasteiger partial charge in [-0.1, -0.05) is 20.8 Å². The summed E-state index contributed by atoms with van der Waals surface area (Å²) >= 11 is 0. The zero-order valence-corrected chi connectivity index (χ0v) is 27.6. The minimum absolute atomic E-state index is 0.0763. The maximum absolute atomic E-state index is 11.1. The zero-order chi connectivity index (χ0) is 30.5. The molecule has 12 nitrogen and oxygen atoms in total. The summed E-state index contributed by atoms with van der Waals surface area (Å²) < 4.78 is 52.9. The lowest BCUT2D eigenvalue weighted by Gasteiger charge is -2.36. The van der Waals surface area contributed by atoms with Crippen LogP contribution in [0.15, 0.2) is 24.4 Å². The molecule has 1 saturated heterocycles. The lowest BCUT2D eigenvalue weighted by molar-refractivity contribution is -0.0365. The molecule has 3 heterocycles. The van der Waals surface area contributed by atoms with Crippen molar-refractivity contribution in [3.05, 3.63) is 24.4 Å². The van der Waals surface area contributed by atoms with E-state index in [1.54, 1.807) is 17.9 Å². The van der Waals surface area contributed by atoms with Gasteiger partial charge in [-0.15, -0.1) is 0 Å². The molecule has 1 unspecified atom stereocenters. The first-order valence-electron chi connectivity index (χ1n) is 14.5. The lowest BCUT2D eigenvalue weighted by Crippen LogP contribution is -2.43. The highest BCUT2D eigenvalue weighted by molar-refractivity contribution is 7.86. The van der Waals surface area contributed by atoms with Crippen LogP contribution in [0.4, 0.5) is 0 Å². The quantitative estimate of drug-likeness (QED) is 0.141. The lowest BCUT2D eigenvalue weighted by atomic mass is 10.1. The highest BCUT2D eigenvalue weighted by atomic mass is 32.2. The molecule has 2 atom stereocenters. The predicted octanol–water partition coefficient (Wildman–Crippen LogP) is 4.78. The summed E-state index contributed by atoms with van der Waals surface area (Å²) in [4.78, 5) is 1.59. The Morgan fingerprint density at radius 1 is 1.12 bits per heavy atom. The van der Waals surface area contributed by atoms with E-state index in [0.717, 1.165) is 54.5 Å². The second kappa shape index (κ2) is 13.5. The molecule has 0 aliphatic carbocycles. The van der Waals surface area contributed by atoms with Crippen LogP contribution in [-0.4, -0.2) is 86.9 Å². The van der Waals surface area contributed by atoms with Gasteiger partial charge < -0.3 is 18.6 Å². The number of benzene rings is 1. The van der Waals surface area contributed by atoms with E-state index >= 15 is 0 Å². The Morgan fingerprint density at radius 3 is 2.57 bits per heavy atom. The Labute approximate surface area is 249 Å². The second-order valence-corrected chi connectivity index (χ2v) is 18.6. The van der Waals surface area contributed by atoms with E-state index < -0.39 is 24.5 Å². The smallest absolute Gasteiger partial charge is 0.264 e. The highest BCUT2D eigenvalue weighted by Gasteiger charge is 2.39. The van der Waals surface area contributed by atoms with E-state index in [1.807, 2.05) is 10.7 Å². The van der Waals surface area contributed by atoms with Crippen molar-refractivity contribution >= 4 is 29.3 Å². The van der Waals surface area contributed by atoms with E-state index in [4.69, 9.17) is 33.0 Å². The summed E-state index contributed by atoms with van der Waals surface area (Å²) in [6.07, 6.45) is 5.15. The Bertz CT molecular complexity index is 1430. The van der Waals surface area contributed by atoms with Crippen LogP contribution < -0.4 is 4.43 Å². The molecule has 0 N–H and O–H groups in total. The molecule has 0 spiro atoms. The third-order valence-corrected chi connectivity index (χ3v) is 12.6. The number of nitrogens with zero attached hydrogens (tertiary/aromatic N) is 5. The van der Waals surface area contributed by atoms with E-state index in [2.05, 4.69) is 51.1 Å². The summed E-state index contributed by atoms with van der Waals surface area (Å²) in [5.41, 5.74) is 2.39. The van der Waals surface area contributed by atoms with Gasteiger partial charge in [0.15, 0.2) is 6.23 Å². The number of ether oxygens (including phenoxy) is 3. The SMILES string of the molecule is C[C@H](COCCOCCn1ncc(-c2nn(C3CCCCO3)c3ccc(O[Si](C)(C)C(C)(C)C)cc23)n1)OS(C)(=O)=O. The van der Waals surface area contributed by atoms with Crippen LogP contribution in [-0.2, 0) is 35.1 Å². The molecule has 3 aromatic rings. The summed E-state index contributed by atoms with van der Waals surface area (Å²) in [6, 6.07) is 6.17. The molecular weight excluding hydrogens is 578 g/mol. The Balaban J connectivity index is 1.43. The highest BCUT2D eigenvalue weighted by Crippen LogP contribution is 2.39. The van der Waals surface area contributed by atoms with Crippen LogP contribution >= 0.6 is 0 Å². The number of rotatable bonds is 14. The number of hydrogen-bond donors (Lipinski definition) is 0. The molecule has 2 aromatic heterocycles. The standard InChI is InChI=1S/C28H45N5O7SSi/c1-21(39-41(5,34)35)20-37-17-16-36-15-13-32-29-19-24(30-32)27-23-18-22(40-42(6,7)28(2,3)4)11-12-25(23)33(31-27)26-10-8-9-14-38-26/h11-12,18-19,21,26H,8-10,13-17,20H2,1-7H3/t21-,26?/m1/s1. The molecule has 42 heavy (non-hydrogen) atoms. The molecule has 0 saturated carbocycles. The van der Waals surface area contributed by atoms with Gasteiger partial charge >= 0.3 is 0 Å². The van der Waals surface area contributed by atoms with Gasteiger partial charge in [-0.3, -0.25) is 4.18 Å². The van der Waals surface area contributed by atoms with Crippen molar-refractivity contribution in [1.82, 2.24) is 24.8 Å². The van der Waals surface area contributed by atoms with Gasteiger partial charge in [-0.2, -0.15) is 28.5 Å². The van der Waals surface area contributed by atoms with Crippen LogP contribution in [0.5, 0.6) is 5.75 Å². The molecule has 1 aliphatic heterocycles. The molecule has 1 aliphatic rings. The predicted molar refractivity (Wildman–Crippen MR) is 162 cm³/mol. The number of aromatic nitrogens is 5. The first-order chi connectivity index (χ1) is 19.7. The van der Waals surface area contributed by atoms with Gasteiger partial charge in [0.1, 0.15) is 17.1 Å². The zero-order valence-electron chi connectivity index (χ0n) is 25.8. The van der Waals surface area contributed by atoms with Gasteiger partial charge in [0, 0.05) is 12.0 Å². The fourth-order valence-corrected chi connectivity index (χ4v) is 6.09. The summed E-state index contributed by atoms with van der Waals surface area (Å²) in [6.45, 7) is 15.2. The summed E-state index contributed by atoms with van der Waals surface area (Å²) in [5.74, 6) is 0.833. The third-order valence-electron chi connectivity index (χ3n) is 7.56. The topological polar surface area (TPSA) is 129 Å². The fourth-order valence-electron chi connectivity index (χ4n) is 4.41. The average molecular weight is 624 g/mol. The normalized spacial score (nSPS) is 17.5. The molecule has 14 heteroatoms. The molecule has 234 valence electrons. The van der Waals surface area contributed by atoms with Crippen molar-refractivity contribution in [3.63, 3.8) is 0 Å². The largest absolute Gasteiger partial charge is 0.543 e. The maximum Gasteiger partial charge on any atom is 0.264 e. The van der Waals surface area contributed by atoms with Gasteiger partial charge in [0.25, 0.3) is 10.1 Å². The van der Waals surface area contributed by atoms with E-state index in [1.165, 1.54) is 0 Å². The average Bonchev–Trinajstić information content (AvgIpc) is 3.51. The Hall–Kier alpha value is -2.36. The van der Waals surface area contributed by atoms with Crippen LogP contribution in [0.1, 0.15) is 53.2 Å². The molecule has 1 fully saturated rings. The minimum atomic E-state index is -3.50. The first kappa shape index (κ1) is 32.5. The molecular formula is C28H45N5O7SSi. The van der Waals surface area contributed by atoms with Crippen LogP contribution in [0.2, 0.25) is 18.1 Å². The minimum Gasteiger partial charge on any atom is -0.543 e. The molecule has 0 amide bonds. The van der Waals surface area contributed by atoms with Gasteiger partial charge in [-0.25, -0.2) is 4.68 Å². The molecule has 0 radical (unpaired) electrons. The van der Waals surface area contributed by atoms with Crippen molar-refractivity contribution in [2.45, 2.75) is 84.0 Å². The van der Waals surface area contributed by atoms with Gasteiger partial charge in [0.2, 0.25) is 8.32 Å². The third kappa shape index (κ3) is 8.60. The van der Waals surface area contributed by atoms with Gasteiger partial charge in [0.05, 0.1) is 57.0 Å². The second-order valence-electron chi connectivity index (χ2n) is 12.3. The van der Waals surface area contributed by atoms with Crippen molar-refractivity contribution in [3.8, 4) is 17.1 Å². The van der Waals surface area contributed by atoms with Crippen LogP contribution in [0.3, 0.4) is 0 Å². The Morgan fingerprint density at radius 2 is 1.88 bits per heavy atom. The monoisotopic (exact) mass is 623 g/mol. The number of hydrogen-bond acceptors (Lipinski definition) is 10. The van der Waals surface area contributed by atoms with Crippen molar-refractivity contribution in [1.29, 1.82) is 0 Å². The molecule has 1 aromatic carbocycles. The van der Waals surface area contributed by atoms with Crippen molar-refractivity contribution in [2.24, 2.45) is 0 Å².